The van der Waals surface area contributed by atoms with Crippen LogP contribution in [0.3, 0.4) is 0 Å². The minimum Gasteiger partial charge on any atom is -0.388 e. The van der Waals surface area contributed by atoms with E-state index in [0.717, 1.165) is 31.0 Å². The normalized spacial score (nSPS) is 20.1. The Balaban J connectivity index is 1.43. The molecule has 2 aliphatic rings. The number of aromatic nitrogens is 2. The number of pyridine rings is 1. The van der Waals surface area contributed by atoms with E-state index in [-0.39, 0.29) is 18.5 Å². The molecular weight excluding hydrogens is 402 g/mol. The first kappa shape index (κ1) is 19.9. The monoisotopic (exact) mass is 426 g/mol. The second-order valence-electron chi connectivity index (χ2n) is 8.55. The first-order valence-electron chi connectivity index (χ1n) is 10.6. The maximum atomic E-state index is 14.4. The predicted octanol–water partition coefficient (Wildman–Crippen LogP) is 3.60. The van der Waals surface area contributed by atoms with Crippen molar-refractivity contribution in [3.8, 4) is 0 Å². The predicted molar refractivity (Wildman–Crippen MR) is 112 cm³/mol. The van der Waals surface area contributed by atoms with Crippen molar-refractivity contribution in [2.24, 2.45) is 0 Å². The van der Waals surface area contributed by atoms with Gasteiger partial charge in [0.05, 0.1) is 28.9 Å². The van der Waals surface area contributed by atoms with Gasteiger partial charge in [-0.1, -0.05) is 0 Å². The molecule has 3 heterocycles. The Morgan fingerprint density at radius 1 is 1.23 bits per heavy atom. The molecule has 5 rings (SSSR count). The van der Waals surface area contributed by atoms with Crippen molar-refractivity contribution in [2.75, 3.05) is 18.0 Å². The summed E-state index contributed by atoms with van der Waals surface area (Å²) in [6.45, 7) is 0.926. The summed E-state index contributed by atoms with van der Waals surface area (Å²) in [6.07, 6.45) is 7.20. The Morgan fingerprint density at radius 3 is 2.84 bits per heavy atom. The molecule has 0 unspecified atom stereocenters. The number of hydrogen-bond donors (Lipinski definition) is 2. The number of benzene rings is 1. The van der Waals surface area contributed by atoms with E-state index in [4.69, 9.17) is 0 Å². The van der Waals surface area contributed by atoms with Gasteiger partial charge in [-0.3, -0.25) is 4.79 Å². The van der Waals surface area contributed by atoms with E-state index in [1.165, 1.54) is 18.3 Å². The molecule has 0 spiro atoms. The molecule has 1 saturated heterocycles. The van der Waals surface area contributed by atoms with Gasteiger partial charge in [-0.2, -0.15) is 5.10 Å². The van der Waals surface area contributed by atoms with Crippen molar-refractivity contribution in [1.29, 1.82) is 0 Å². The molecule has 2 aromatic heterocycles. The first-order valence-corrected chi connectivity index (χ1v) is 10.6. The van der Waals surface area contributed by atoms with E-state index in [2.05, 4.69) is 10.4 Å². The highest BCUT2D eigenvalue weighted by atomic mass is 19.1. The third kappa shape index (κ3) is 3.65. The van der Waals surface area contributed by atoms with Gasteiger partial charge in [-0.25, -0.2) is 13.3 Å². The molecule has 6 nitrogen and oxygen atoms in total. The number of nitrogens with one attached hydrogen (secondary N) is 1. The highest BCUT2D eigenvalue weighted by Gasteiger charge is 2.35. The standard InChI is InChI=1S/C23H24F2N4O2/c24-15-4-5-19(25)17(11-15)20-3-1-9-28(20)16-6-10-29-21(12-16)18(13-27-29)22(30)26-14-23(31)7-2-8-23/h4-6,10-13,20,31H,1-3,7-9,14H2,(H,26,30)/t20-/m1/s1. The van der Waals surface area contributed by atoms with Crippen LogP contribution in [-0.2, 0) is 0 Å². The summed E-state index contributed by atoms with van der Waals surface area (Å²) in [4.78, 5) is 14.8. The molecule has 3 aromatic rings. The lowest BCUT2D eigenvalue weighted by Gasteiger charge is -2.36. The van der Waals surface area contributed by atoms with Crippen LogP contribution in [0, 0.1) is 11.6 Å². The SMILES string of the molecule is O=C(NCC1(O)CCC1)c1cnn2ccc(N3CCC[C@@H]3c3cc(F)ccc3F)cc12. The van der Waals surface area contributed by atoms with Crippen molar-refractivity contribution in [3.05, 3.63) is 65.5 Å². The number of nitrogens with zero attached hydrogens (tertiary/aromatic N) is 3. The van der Waals surface area contributed by atoms with Crippen LogP contribution in [0.4, 0.5) is 14.5 Å². The Morgan fingerprint density at radius 2 is 2.06 bits per heavy atom. The number of carbonyl (C=O) groups excluding carboxylic acids is 1. The van der Waals surface area contributed by atoms with Gasteiger partial charge in [0.2, 0.25) is 0 Å². The van der Waals surface area contributed by atoms with E-state index < -0.39 is 17.2 Å². The second-order valence-corrected chi connectivity index (χ2v) is 8.55. The fourth-order valence-corrected chi connectivity index (χ4v) is 4.59. The van der Waals surface area contributed by atoms with Gasteiger partial charge in [-0.15, -0.1) is 0 Å². The quantitative estimate of drug-likeness (QED) is 0.654. The topological polar surface area (TPSA) is 69.9 Å². The molecule has 2 N–H and O–H groups in total. The molecule has 8 heteroatoms. The van der Waals surface area contributed by atoms with Gasteiger partial charge in [0.15, 0.2) is 0 Å². The third-order valence-electron chi connectivity index (χ3n) is 6.51. The Labute approximate surface area is 178 Å². The van der Waals surface area contributed by atoms with E-state index >= 15 is 0 Å². The zero-order valence-corrected chi connectivity index (χ0v) is 17.0. The van der Waals surface area contributed by atoms with E-state index in [1.807, 2.05) is 17.0 Å². The van der Waals surface area contributed by atoms with Crippen molar-refractivity contribution < 1.29 is 18.7 Å². The molecule has 1 aromatic carbocycles. The van der Waals surface area contributed by atoms with Crippen molar-refractivity contribution in [1.82, 2.24) is 14.9 Å². The number of halogens is 2. The van der Waals surface area contributed by atoms with Crippen molar-refractivity contribution in [2.45, 2.75) is 43.7 Å². The van der Waals surface area contributed by atoms with Gasteiger partial charge in [-0.05, 0) is 62.4 Å². The minimum atomic E-state index is -0.804. The lowest BCUT2D eigenvalue weighted by molar-refractivity contribution is -0.0300. The summed E-state index contributed by atoms with van der Waals surface area (Å²) in [5.41, 5.74) is 1.41. The van der Waals surface area contributed by atoms with Crippen LogP contribution in [0.2, 0.25) is 0 Å². The first-order chi connectivity index (χ1) is 14.9. The summed E-state index contributed by atoms with van der Waals surface area (Å²) < 4.78 is 29.8. The highest BCUT2D eigenvalue weighted by molar-refractivity contribution is 6.01. The van der Waals surface area contributed by atoms with Crippen LogP contribution < -0.4 is 10.2 Å². The number of fused-ring (bicyclic) bond motifs is 1. The van der Waals surface area contributed by atoms with Crippen molar-refractivity contribution >= 4 is 17.1 Å². The molecule has 1 aliphatic heterocycles. The fraction of sp³-hybridized carbons (Fsp3) is 0.391. The molecular formula is C23H24F2N4O2. The lowest BCUT2D eigenvalue weighted by atomic mass is 9.80. The van der Waals surface area contributed by atoms with Crippen molar-refractivity contribution in [3.63, 3.8) is 0 Å². The summed E-state index contributed by atoms with van der Waals surface area (Å²) in [5, 5.41) is 17.3. The van der Waals surface area contributed by atoms with Crippen LogP contribution in [0.15, 0.2) is 42.7 Å². The Bertz CT molecular complexity index is 1140. The fourth-order valence-electron chi connectivity index (χ4n) is 4.59. The largest absolute Gasteiger partial charge is 0.388 e. The number of anilines is 1. The molecule has 1 atom stereocenters. The van der Waals surface area contributed by atoms with E-state index in [1.54, 1.807) is 10.7 Å². The van der Waals surface area contributed by atoms with Gasteiger partial charge < -0.3 is 15.3 Å². The average Bonchev–Trinajstić information content (AvgIpc) is 3.39. The van der Waals surface area contributed by atoms with Crippen LogP contribution in [0.5, 0.6) is 0 Å². The molecule has 31 heavy (non-hydrogen) atoms. The summed E-state index contributed by atoms with van der Waals surface area (Å²) in [5.74, 6) is -1.17. The second kappa shape index (κ2) is 7.60. The minimum absolute atomic E-state index is 0.218. The number of aliphatic hydroxyl groups is 1. The third-order valence-corrected chi connectivity index (χ3v) is 6.51. The number of carbonyl (C=O) groups is 1. The van der Waals surface area contributed by atoms with Gasteiger partial charge in [0.1, 0.15) is 11.6 Å². The molecule has 0 radical (unpaired) electrons. The van der Waals surface area contributed by atoms with Gasteiger partial charge in [0, 0.05) is 30.5 Å². The van der Waals surface area contributed by atoms with E-state index in [0.29, 0.717) is 36.0 Å². The zero-order valence-electron chi connectivity index (χ0n) is 17.0. The van der Waals surface area contributed by atoms with Crippen LogP contribution in [0.1, 0.15) is 54.1 Å². The summed E-state index contributed by atoms with van der Waals surface area (Å²) >= 11 is 0. The average molecular weight is 426 g/mol. The van der Waals surface area contributed by atoms with Crippen LogP contribution in [-0.4, -0.2) is 39.3 Å². The highest BCUT2D eigenvalue weighted by Crippen LogP contribution is 2.38. The molecule has 162 valence electrons. The Kier molecular flexibility index (Phi) is 4.89. The van der Waals surface area contributed by atoms with Crippen LogP contribution >= 0.6 is 0 Å². The summed E-state index contributed by atoms with van der Waals surface area (Å²) in [7, 11) is 0. The molecule has 1 amide bonds. The summed E-state index contributed by atoms with van der Waals surface area (Å²) in [6, 6.07) is 7.01. The molecule has 1 aliphatic carbocycles. The maximum Gasteiger partial charge on any atom is 0.255 e. The molecule has 2 fully saturated rings. The lowest BCUT2D eigenvalue weighted by Crippen LogP contribution is -2.47. The molecule has 1 saturated carbocycles. The molecule has 0 bridgehead atoms. The van der Waals surface area contributed by atoms with Gasteiger partial charge in [0.25, 0.3) is 5.91 Å². The number of amides is 1. The van der Waals surface area contributed by atoms with E-state index in [9.17, 15) is 18.7 Å². The zero-order chi connectivity index (χ0) is 21.6. The van der Waals surface area contributed by atoms with Gasteiger partial charge >= 0.3 is 0 Å². The van der Waals surface area contributed by atoms with Crippen LogP contribution in [0.25, 0.3) is 5.52 Å². The maximum absolute atomic E-state index is 14.4. The Hall–Kier alpha value is -3.00. The number of hydrogen-bond acceptors (Lipinski definition) is 4. The smallest absolute Gasteiger partial charge is 0.255 e. The number of rotatable bonds is 5.